The minimum atomic E-state index is -0.0151. The molecule has 128 valence electrons. The maximum Gasteiger partial charge on any atom is 0.273 e. The third-order valence-electron chi connectivity index (χ3n) is 4.17. The molecule has 0 spiro atoms. The second-order valence-electron chi connectivity index (χ2n) is 6.02. The summed E-state index contributed by atoms with van der Waals surface area (Å²) in [5.74, 6) is -0.0151. The van der Waals surface area contributed by atoms with E-state index >= 15 is 0 Å². The molecule has 0 aromatic carbocycles. The Kier molecular flexibility index (Phi) is 4.29. The smallest absolute Gasteiger partial charge is 0.273 e. The summed E-state index contributed by atoms with van der Waals surface area (Å²) in [4.78, 5) is 23.5. The highest BCUT2D eigenvalue weighted by Gasteiger charge is 2.24. The number of amides is 1. The summed E-state index contributed by atoms with van der Waals surface area (Å²) in [6.45, 7) is 4.31. The average molecular weight is 354 g/mol. The Morgan fingerprint density at radius 3 is 3.12 bits per heavy atom. The number of thiazole rings is 1. The van der Waals surface area contributed by atoms with E-state index in [0.29, 0.717) is 24.8 Å². The van der Waals surface area contributed by atoms with E-state index < -0.39 is 0 Å². The minimum Gasteiger partial charge on any atom is -0.334 e. The molecule has 1 amide bonds. The Labute approximate surface area is 149 Å². The Bertz CT molecular complexity index is 874. The number of aromatic nitrogens is 4. The van der Waals surface area contributed by atoms with E-state index in [2.05, 4.69) is 32.4 Å². The second kappa shape index (κ2) is 6.73. The summed E-state index contributed by atoms with van der Waals surface area (Å²) >= 11 is 1.45. The van der Waals surface area contributed by atoms with Crippen molar-refractivity contribution in [1.29, 1.82) is 0 Å². The van der Waals surface area contributed by atoms with Crippen molar-refractivity contribution in [2.45, 2.75) is 13.0 Å². The van der Waals surface area contributed by atoms with Gasteiger partial charge < -0.3 is 10.2 Å². The maximum atomic E-state index is 12.7. The lowest BCUT2D eigenvalue weighted by Gasteiger charge is -2.31. The van der Waals surface area contributed by atoms with Gasteiger partial charge in [0.1, 0.15) is 10.7 Å². The van der Waals surface area contributed by atoms with Crippen molar-refractivity contribution in [3.8, 4) is 22.0 Å². The number of carbonyl (C=O) groups is 1. The normalized spacial score (nSPS) is 17.6. The van der Waals surface area contributed by atoms with Gasteiger partial charge in [-0.25, -0.2) is 4.98 Å². The van der Waals surface area contributed by atoms with Crippen molar-refractivity contribution in [2.75, 3.05) is 19.6 Å². The first kappa shape index (κ1) is 15.9. The van der Waals surface area contributed by atoms with Crippen LogP contribution in [0.2, 0.25) is 0 Å². The molecule has 2 N–H and O–H groups in total. The third-order valence-corrected chi connectivity index (χ3v) is 5.05. The average Bonchev–Trinajstić information content (AvgIpc) is 3.31. The molecular weight excluding hydrogens is 336 g/mol. The number of rotatable bonds is 3. The Morgan fingerprint density at radius 2 is 2.32 bits per heavy atom. The molecular formula is C17H18N6OS. The highest BCUT2D eigenvalue weighted by atomic mass is 32.1. The lowest BCUT2D eigenvalue weighted by molar-refractivity contribution is 0.0704. The van der Waals surface area contributed by atoms with Gasteiger partial charge >= 0.3 is 0 Å². The third kappa shape index (κ3) is 3.18. The van der Waals surface area contributed by atoms with Crippen LogP contribution in [0.5, 0.6) is 0 Å². The van der Waals surface area contributed by atoms with Gasteiger partial charge in [0.2, 0.25) is 0 Å². The zero-order chi connectivity index (χ0) is 17.2. The van der Waals surface area contributed by atoms with Crippen LogP contribution in [0.1, 0.15) is 17.4 Å². The lowest BCUT2D eigenvalue weighted by Crippen LogP contribution is -2.51. The lowest BCUT2D eigenvalue weighted by atomic mass is 10.2. The number of nitrogens with zero attached hydrogens (tertiary/aromatic N) is 4. The Hall–Kier alpha value is -2.58. The highest BCUT2D eigenvalue weighted by molar-refractivity contribution is 7.13. The number of hydrogen-bond acceptors (Lipinski definition) is 6. The maximum absolute atomic E-state index is 12.7. The molecule has 1 saturated heterocycles. The number of H-pyrrole nitrogens is 1. The number of piperazine rings is 1. The molecule has 0 radical (unpaired) electrons. The van der Waals surface area contributed by atoms with Gasteiger partial charge in [0, 0.05) is 37.3 Å². The predicted molar refractivity (Wildman–Crippen MR) is 96.3 cm³/mol. The summed E-state index contributed by atoms with van der Waals surface area (Å²) in [5, 5.41) is 13.0. The topological polar surface area (TPSA) is 86.8 Å². The zero-order valence-corrected chi connectivity index (χ0v) is 14.6. The van der Waals surface area contributed by atoms with Crippen LogP contribution in [0.15, 0.2) is 36.0 Å². The first-order valence-electron chi connectivity index (χ1n) is 8.15. The predicted octanol–water partition coefficient (Wildman–Crippen LogP) is 2.03. The first-order chi connectivity index (χ1) is 12.2. The molecule has 0 bridgehead atoms. The number of pyridine rings is 1. The van der Waals surface area contributed by atoms with E-state index in [4.69, 9.17) is 0 Å². The van der Waals surface area contributed by atoms with Crippen molar-refractivity contribution in [2.24, 2.45) is 0 Å². The summed E-state index contributed by atoms with van der Waals surface area (Å²) in [5.41, 5.74) is 2.96. The Morgan fingerprint density at radius 1 is 1.40 bits per heavy atom. The number of aromatic amines is 1. The van der Waals surface area contributed by atoms with Crippen LogP contribution in [0.25, 0.3) is 22.0 Å². The summed E-state index contributed by atoms with van der Waals surface area (Å²) in [7, 11) is 0. The van der Waals surface area contributed by atoms with Crippen LogP contribution >= 0.6 is 11.3 Å². The van der Waals surface area contributed by atoms with Gasteiger partial charge in [-0.2, -0.15) is 5.10 Å². The van der Waals surface area contributed by atoms with E-state index in [-0.39, 0.29) is 5.91 Å². The van der Waals surface area contributed by atoms with Gasteiger partial charge in [-0.05, 0) is 19.1 Å². The summed E-state index contributed by atoms with van der Waals surface area (Å²) in [6.07, 6.45) is 3.46. The largest absolute Gasteiger partial charge is 0.334 e. The molecule has 4 rings (SSSR count). The minimum absolute atomic E-state index is 0.0151. The fraction of sp³-hybridized carbons (Fsp3) is 0.294. The van der Waals surface area contributed by atoms with Crippen LogP contribution in [0.4, 0.5) is 0 Å². The fourth-order valence-electron chi connectivity index (χ4n) is 2.93. The molecule has 1 aliphatic heterocycles. The molecule has 0 unspecified atom stereocenters. The van der Waals surface area contributed by atoms with Crippen LogP contribution in [-0.4, -0.2) is 56.6 Å². The molecule has 0 saturated carbocycles. The standard InChI is InChI=1S/C17H18N6OS/c1-11-9-23(7-6-18-11)17(24)14-10-25-16(21-14)12-8-20-22-15(12)13-4-2-3-5-19-13/h2-5,8,10-11,18H,6-7,9H2,1H3,(H,20,22)/t11-/m0/s1. The van der Waals surface area contributed by atoms with Crippen molar-refractivity contribution in [1.82, 2.24) is 30.4 Å². The quantitative estimate of drug-likeness (QED) is 0.751. The van der Waals surface area contributed by atoms with E-state index in [1.807, 2.05) is 28.5 Å². The van der Waals surface area contributed by atoms with Crippen molar-refractivity contribution in [3.63, 3.8) is 0 Å². The molecule has 8 heteroatoms. The zero-order valence-electron chi connectivity index (χ0n) is 13.8. The molecule has 3 aromatic rings. The fourth-order valence-corrected chi connectivity index (χ4v) is 3.74. The van der Waals surface area contributed by atoms with Gasteiger partial charge in [0.15, 0.2) is 0 Å². The highest BCUT2D eigenvalue weighted by Crippen LogP contribution is 2.31. The number of nitrogens with one attached hydrogen (secondary N) is 2. The van der Waals surface area contributed by atoms with E-state index in [9.17, 15) is 4.79 Å². The van der Waals surface area contributed by atoms with Crippen molar-refractivity contribution < 1.29 is 4.79 Å². The van der Waals surface area contributed by atoms with Gasteiger partial charge in [-0.1, -0.05) is 6.07 Å². The van der Waals surface area contributed by atoms with E-state index in [0.717, 1.165) is 28.5 Å². The number of hydrogen-bond donors (Lipinski definition) is 2. The second-order valence-corrected chi connectivity index (χ2v) is 6.88. The molecule has 1 fully saturated rings. The van der Waals surface area contributed by atoms with Crippen molar-refractivity contribution >= 4 is 17.2 Å². The van der Waals surface area contributed by atoms with Gasteiger partial charge in [-0.3, -0.25) is 14.9 Å². The summed E-state index contributed by atoms with van der Waals surface area (Å²) < 4.78 is 0. The van der Waals surface area contributed by atoms with Gasteiger partial charge in [-0.15, -0.1) is 11.3 Å². The molecule has 1 aliphatic rings. The van der Waals surface area contributed by atoms with Gasteiger partial charge in [0.05, 0.1) is 23.1 Å². The van der Waals surface area contributed by atoms with Crippen molar-refractivity contribution in [3.05, 3.63) is 41.7 Å². The van der Waals surface area contributed by atoms with E-state index in [1.165, 1.54) is 11.3 Å². The molecule has 25 heavy (non-hydrogen) atoms. The Balaban J connectivity index is 1.60. The molecule has 0 aliphatic carbocycles. The first-order valence-corrected chi connectivity index (χ1v) is 9.03. The monoisotopic (exact) mass is 354 g/mol. The molecule has 3 aromatic heterocycles. The SMILES string of the molecule is C[C@H]1CN(C(=O)c2csc(-c3cn[nH]c3-c3ccccn3)n2)CCN1. The molecule has 7 nitrogen and oxygen atoms in total. The van der Waals surface area contributed by atoms with Crippen LogP contribution in [0, 0.1) is 0 Å². The number of carbonyl (C=O) groups excluding carboxylic acids is 1. The van der Waals surface area contributed by atoms with Crippen LogP contribution < -0.4 is 5.32 Å². The summed E-state index contributed by atoms with van der Waals surface area (Å²) in [6, 6.07) is 6.02. The van der Waals surface area contributed by atoms with Gasteiger partial charge in [0.25, 0.3) is 5.91 Å². The van der Waals surface area contributed by atoms with Crippen LogP contribution in [-0.2, 0) is 0 Å². The molecule has 1 atom stereocenters. The van der Waals surface area contributed by atoms with E-state index in [1.54, 1.807) is 12.4 Å². The molecule has 4 heterocycles. The van der Waals surface area contributed by atoms with Crippen LogP contribution in [0.3, 0.4) is 0 Å².